The largest absolute Gasteiger partial charge is 0.495 e. The molecule has 1 aliphatic heterocycles. The third-order valence-electron chi connectivity index (χ3n) is 4.63. The number of benzene rings is 1. The Kier molecular flexibility index (Phi) is 5.40. The van der Waals surface area contributed by atoms with E-state index in [-0.39, 0.29) is 17.8 Å². The highest BCUT2D eigenvalue weighted by molar-refractivity contribution is 5.96. The van der Waals surface area contributed by atoms with E-state index in [0.717, 1.165) is 5.01 Å². The smallest absolute Gasteiger partial charge is 0.350 e. The monoisotopic (exact) mass is 399 g/mol. The number of amides is 2. The van der Waals surface area contributed by atoms with Gasteiger partial charge in [-0.3, -0.25) is 4.90 Å². The van der Waals surface area contributed by atoms with E-state index in [1.54, 1.807) is 38.2 Å². The van der Waals surface area contributed by atoms with Crippen LogP contribution in [0.25, 0.3) is 0 Å². The molecule has 2 unspecified atom stereocenters. The molecule has 29 heavy (non-hydrogen) atoms. The van der Waals surface area contributed by atoms with Crippen LogP contribution in [0, 0.1) is 0 Å². The summed E-state index contributed by atoms with van der Waals surface area (Å²) >= 11 is 0. The van der Waals surface area contributed by atoms with Gasteiger partial charge >= 0.3 is 12.0 Å². The lowest BCUT2D eigenvalue weighted by molar-refractivity contribution is -0.0770. The Hall–Kier alpha value is -3.62. The number of carbonyl (C=O) groups excluding carboxylic acids is 1. The summed E-state index contributed by atoms with van der Waals surface area (Å²) in [5.41, 5.74) is 2.35. The summed E-state index contributed by atoms with van der Waals surface area (Å²) < 4.78 is 5.28. The molecule has 2 atom stereocenters. The Morgan fingerprint density at radius 2 is 2.14 bits per heavy atom. The van der Waals surface area contributed by atoms with Gasteiger partial charge in [0.25, 0.3) is 6.35 Å². The molecule has 1 heterocycles. The van der Waals surface area contributed by atoms with Crippen LogP contribution in [0.5, 0.6) is 5.75 Å². The molecular weight excluding hydrogens is 378 g/mol. The van der Waals surface area contributed by atoms with Gasteiger partial charge in [0.1, 0.15) is 11.3 Å². The molecule has 1 aromatic carbocycles. The van der Waals surface area contributed by atoms with E-state index < -0.39 is 23.9 Å². The SMILES string of the molecule is CCN(C(=O)N1N=NN(C2(C)C=C=CC=C2)C1O)c1cc(C(=O)O)ccc1OC. The molecule has 1 aromatic rings. The molecule has 152 valence electrons. The number of hydrogen-bond acceptors (Lipinski definition) is 7. The maximum Gasteiger partial charge on any atom is 0.350 e. The number of aliphatic hydroxyl groups is 1. The number of hydrogen-bond donors (Lipinski definition) is 2. The minimum atomic E-state index is -1.46. The quantitative estimate of drug-likeness (QED) is 0.735. The van der Waals surface area contributed by atoms with Crippen molar-refractivity contribution in [3.05, 3.63) is 53.8 Å². The van der Waals surface area contributed by atoms with Gasteiger partial charge in [0.2, 0.25) is 0 Å². The number of carboxylic acid groups (broad SMARTS) is 1. The van der Waals surface area contributed by atoms with E-state index in [0.29, 0.717) is 5.75 Å². The molecule has 2 aliphatic rings. The summed E-state index contributed by atoms with van der Waals surface area (Å²) in [4.78, 5) is 25.7. The molecule has 0 radical (unpaired) electrons. The number of carboxylic acids is 1. The summed E-state index contributed by atoms with van der Waals surface area (Å²) in [5.74, 6) is -0.829. The molecule has 0 fully saturated rings. The normalized spacial score (nSPS) is 22.3. The number of carbonyl (C=O) groups is 2. The van der Waals surface area contributed by atoms with E-state index in [1.165, 1.54) is 35.2 Å². The highest BCUT2D eigenvalue weighted by Gasteiger charge is 2.43. The van der Waals surface area contributed by atoms with Crippen molar-refractivity contribution in [2.75, 3.05) is 18.6 Å². The number of aliphatic hydroxyl groups excluding tert-OH is 1. The lowest BCUT2D eigenvalue weighted by Gasteiger charge is -2.35. The van der Waals surface area contributed by atoms with Gasteiger partial charge in [-0.2, -0.15) is 0 Å². The number of anilines is 1. The Morgan fingerprint density at radius 3 is 2.72 bits per heavy atom. The van der Waals surface area contributed by atoms with Crippen molar-refractivity contribution in [1.82, 2.24) is 10.0 Å². The minimum absolute atomic E-state index is 0.00551. The van der Waals surface area contributed by atoms with Gasteiger partial charge in [-0.15, -0.1) is 10.7 Å². The lowest BCUT2D eigenvalue weighted by atomic mass is 9.98. The second-order valence-electron chi connectivity index (χ2n) is 6.50. The molecule has 2 N–H and O–H groups in total. The summed E-state index contributed by atoms with van der Waals surface area (Å²) in [6, 6.07) is 3.49. The average molecular weight is 399 g/mol. The molecule has 0 bridgehead atoms. The number of aromatic carboxylic acids is 1. The number of urea groups is 1. The van der Waals surface area contributed by atoms with Crippen LogP contribution < -0.4 is 9.64 Å². The van der Waals surface area contributed by atoms with E-state index in [1.807, 2.05) is 0 Å². The van der Waals surface area contributed by atoms with Crippen LogP contribution in [0.15, 0.2) is 58.7 Å². The number of ether oxygens (including phenoxy) is 1. The first kappa shape index (κ1) is 20.1. The van der Waals surface area contributed by atoms with E-state index >= 15 is 0 Å². The molecule has 0 saturated heterocycles. The Morgan fingerprint density at radius 1 is 1.38 bits per heavy atom. The zero-order valence-corrected chi connectivity index (χ0v) is 16.2. The Balaban J connectivity index is 1.91. The van der Waals surface area contributed by atoms with Gasteiger partial charge in [-0.25, -0.2) is 14.6 Å². The van der Waals surface area contributed by atoms with Crippen LogP contribution in [-0.4, -0.2) is 57.8 Å². The van der Waals surface area contributed by atoms with Crippen LogP contribution in [0.4, 0.5) is 10.5 Å². The Bertz CT molecular complexity index is 952. The third kappa shape index (κ3) is 3.58. The molecule has 10 heteroatoms. The Labute approximate surface area is 167 Å². The fourth-order valence-electron chi connectivity index (χ4n) is 3.04. The first-order chi connectivity index (χ1) is 13.8. The van der Waals surface area contributed by atoms with Gasteiger partial charge in [0.05, 0.1) is 18.4 Å². The van der Waals surface area contributed by atoms with Gasteiger partial charge in [-0.05, 0) is 54.6 Å². The first-order valence-corrected chi connectivity index (χ1v) is 8.85. The van der Waals surface area contributed by atoms with Crippen LogP contribution in [0.2, 0.25) is 0 Å². The van der Waals surface area contributed by atoms with Crippen molar-refractivity contribution >= 4 is 17.7 Å². The van der Waals surface area contributed by atoms with Gasteiger partial charge < -0.3 is 14.9 Å². The predicted molar refractivity (Wildman–Crippen MR) is 103 cm³/mol. The number of nitrogens with zero attached hydrogens (tertiary/aromatic N) is 5. The molecule has 10 nitrogen and oxygen atoms in total. The predicted octanol–water partition coefficient (Wildman–Crippen LogP) is 2.56. The van der Waals surface area contributed by atoms with Crippen molar-refractivity contribution in [2.45, 2.75) is 25.7 Å². The number of methoxy groups -OCH3 is 1. The van der Waals surface area contributed by atoms with Gasteiger partial charge in [-0.1, -0.05) is 12.2 Å². The fraction of sp³-hybridized carbons (Fsp3) is 0.316. The lowest BCUT2D eigenvalue weighted by Crippen LogP contribution is -2.53. The molecule has 3 rings (SSSR count). The van der Waals surface area contributed by atoms with E-state index in [9.17, 15) is 19.8 Å². The van der Waals surface area contributed by atoms with Crippen molar-refractivity contribution in [3.63, 3.8) is 0 Å². The highest BCUT2D eigenvalue weighted by Crippen LogP contribution is 2.33. The van der Waals surface area contributed by atoms with Crippen LogP contribution in [0.3, 0.4) is 0 Å². The second-order valence-corrected chi connectivity index (χ2v) is 6.50. The third-order valence-corrected chi connectivity index (χ3v) is 4.63. The molecule has 1 aliphatic carbocycles. The van der Waals surface area contributed by atoms with Gasteiger partial charge in [0, 0.05) is 6.54 Å². The van der Waals surface area contributed by atoms with Crippen molar-refractivity contribution in [1.29, 1.82) is 0 Å². The zero-order chi connectivity index (χ0) is 21.2. The summed E-state index contributed by atoms with van der Waals surface area (Å²) in [6.45, 7) is 3.67. The van der Waals surface area contributed by atoms with Crippen LogP contribution in [-0.2, 0) is 0 Å². The summed E-state index contributed by atoms with van der Waals surface area (Å²) in [6.07, 6.45) is 5.49. The first-order valence-electron chi connectivity index (χ1n) is 8.85. The summed E-state index contributed by atoms with van der Waals surface area (Å²) in [7, 11) is 1.42. The minimum Gasteiger partial charge on any atom is -0.495 e. The van der Waals surface area contributed by atoms with E-state index in [4.69, 9.17) is 4.74 Å². The highest BCUT2D eigenvalue weighted by atomic mass is 16.5. The summed E-state index contributed by atoms with van der Waals surface area (Å²) in [5, 5.41) is 29.8. The molecule has 2 amide bonds. The average Bonchev–Trinajstić information content (AvgIpc) is 3.11. The van der Waals surface area contributed by atoms with Crippen molar-refractivity contribution in [2.24, 2.45) is 10.4 Å². The molecule has 0 saturated carbocycles. The van der Waals surface area contributed by atoms with Crippen LogP contribution >= 0.6 is 0 Å². The topological polar surface area (TPSA) is 118 Å². The number of allylic oxidation sites excluding steroid dienone is 1. The maximum absolute atomic E-state index is 13.1. The van der Waals surface area contributed by atoms with Crippen LogP contribution in [0.1, 0.15) is 24.2 Å². The molecule has 0 spiro atoms. The zero-order valence-electron chi connectivity index (χ0n) is 16.2. The second kappa shape index (κ2) is 7.78. The fourth-order valence-corrected chi connectivity index (χ4v) is 3.04. The van der Waals surface area contributed by atoms with Gasteiger partial charge in [0.15, 0.2) is 0 Å². The number of rotatable bonds is 5. The molecule has 0 aromatic heterocycles. The maximum atomic E-state index is 13.1. The van der Waals surface area contributed by atoms with Crippen molar-refractivity contribution in [3.8, 4) is 5.75 Å². The van der Waals surface area contributed by atoms with Crippen molar-refractivity contribution < 1.29 is 24.5 Å². The standard InChI is InChI=1S/C19H21N5O5/c1-4-22(14-12-13(16(25)26)8-9-15(14)29-3)17(27)23-18(28)24(21-20-23)19(2)10-6-5-7-11-19/h5-6,8-12,18,28H,4H2,1-3H3,(H,25,26). The molecular formula is C19H21N5O5. The van der Waals surface area contributed by atoms with E-state index in [2.05, 4.69) is 16.2 Å².